The van der Waals surface area contributed by atoms with E-state index < -0.39 is 0 Å². The summed E-state index contributed by atoms with van der Waals surface area (Å²) in [5.41, 5.74) is 12.2. The van der Waals surface area contributed by atoms with Gasteiger partial charge >= 0.3 is 0 Å². The van der Waals surface area contributed by atoms with E-state index in [-0.39, 0.29) is 11.9 Å². The Morgan fingerprint density at radius 2 is 1.62 bits per heavy atom. The van der Waals surface area contributed by atoms with Crippen LogP contribution in [0.3, 0.4) is 0 Å². The number of aromatic nitrogens is 3. The van der Waals surface area contributed by atoms with Crippen LogP contribution < -0.4 is 16.4 Å². The summed E-state index contributed by atoms with van der Waals surface area (Å²) >= 11 is 3.43. The summed E-state index contributed by atoms with van der Waals surface area (Å²) in [5, 5.41) is 0. The highest BCUT2D eigenvalue weighted by Crippen LogP contribution is 2.23. The molecule has 0 aliphatic carbocycles. The first-order valence-corrected chi connectivity index (χ1v) is 8.21. The maximum Gasteiger partial charge on any atom is 0.225 e. The van der Waals surface area contributed by atoms with E-state index in [1.54, 1.807) is 0 Å². The standard InChI is InChI=1S/C16H17BrN6O/c1-23(9-14-20-15(18)22-16(19)21-14)8-12-6-7-13(24-12)10-2-4-11(17)5-3-10/h2-7H,8-9H2,1H3,(H4,18,19,20,21,22)/p+1. The molecule has 2 aromatic heterocycles. The van der Waals surface area contributed by atoms with Crippen LogP contribution in [0.1, 0.15) is 11.6 Å². The molecular formula is C16H18BrN6O+. The summed E-state index contributed by atoms with van der Waals surface area (Å²) in [7, 11) is 2.03. The van der Waals surface area contributed by atoms with Crippen molar-refractivity contribution in [2.45, 2.75) is 13.1 Å². The molecule has 8 heteroatoms. The predicted octanol–water partition coefficient (Wildman–Crippen LogP) is 1.27. The molecule has 0 radical (unpaired) electrons. The van der Waals surface area contributed by atoms with Gasteiger partial charge in [-0.05, 0) is 24.3 Å². The first-order valence-electron chi connectivity index (χ1n) is 7.41. The van der Waals surface area contributed by atoms with Gasteiger partial charge in [0.25, 0.3) is 0 Å². The monoisotopic (exact) mass is 389 g/mol. The molecule has 124 valence electrons. The Morgan fingerprint density at radius 1 is 0.958 bits per heavy atom. The van der Waals surface area contributed by atoms with E-state index in [0.717, 1.165) is 26.5 Å². The second-order valence-corrected chi connectivity index (χ2v) is 6.47. The van der Waals surface area contributed by atoms with Crippen molar-refractivity contribution >= 4 is 27.8 Å². The topological polar surface area (TPSA) is 108 Å². The summed E-state index contributed by atoms with van der Waals surface area (Å²) in [6.07, 6.45) is 0. The van der Waals surface area contributed by atoms with Gasteiger partial charge in [0.1, 0.15) is 18.8 Å². The van der Waals surface area contributed by atoms with Crippen LogP contribution in [0.4, 0.5) is 11.9 Å². The summed E-state index contributed by atoms with van der Waals surface area (Å²) in [6, 6.07) is 12.0. The second kappa shape index (κ2) is 6.98. The second-order valence-electron chi connectivity index (χ2n) is 5.55. The van der Waals surface area contributed by atoms with Crippen molar-refractivity contribution in [1.29, 1.82) is 0 Å². The molecule has 0 saturated heterocycles. The van der Waals surface area contributed by atoms with Gasteiger partial charge in [0.15, 0.2) is 11.6 Å². The third kappa shape index (κ3) is 4.09. The molecule has 0 fully saturated rings. The fourth-order valence-corrected chi connectivity index (χ4v) is 2.67. The summed E-state index contributed by atoms with van der Waals surface area (Å²) < 4.78 is 6.97. The van der Waals surface area contributed by atoms with Gasteiger partial charge in [0.05, 0.1) is 7.05 Å². The molecule has 1 atom stereocenters. The van der Waals surface area contributed by atoms with Crippen molar-refractivity contribution in [3.8, 4) is 11.3 Å². The molecule has 5 N–H and O–H groups in total. The Morgan fingerprint density at radius 3 is 2.29 bits per heavy atom. The van der Waals surface area contributed by atoms with Gasteiger partial charge in [0, 0.05) is 10.0 Å². The quantitative estimate of drug-likeness (QED) is 0.606. The molecule has 3 rings (SSSR count). The molecular weight excluding hydrogens is 372 g/mol. The molecule has 24 heavy (non-hydrogen) atoms. The normalized spacial score (nSPS) is 12.2. The predicted molar refractivity (Wildman–Crippen MR) is 94.8 cm³/mol. The lowest BCUT2D eigenvalue weighted by Gasteiger charge is -2.11. The number of halogens is 1. The number of nitrogens with zero attached hydrogens (tertiary/aromatic N) is 3. The van der Waals surface area contributed by atoms with E-state index in [4.69, 9.17) is 15.9 Å². The highest BCUT2D eigenvalue weighted by molar-refractivity contribution is 9.10. The lowest BCUT2D eigenvalue weighted by molar-refractivity contribution is -0.909. The van der Waals surface area contributed by atoms with Crippen LogP contribution in [0.25, 0.3) is 11.3 Å². The number of nitrogens with one attached hydrogen (secondary N) is 1. The van der Waals surface area contributed by atoms with Crippen LogP contribution in [0.15, 0.2) is 45.3 Å². The Balaban J connectivity index is 1.66. The molecule has 1 unspecified atom stereocenters. The number of quaternary nitrogens is 1. The van der Waals surface area contributed by atoms with E-state index in [9.17, 15) is 0 Å². The maximum atomic E-state index is 5.93. The average molecular weight is 390 g/mol. The van der Waals surface area contributed by atoms with Crippen LogP contribution in [0, 0.1) is 0 Å². The fraction of sp³-hybridized carbons (Fsp3) is 0.188. The Labute approximate surface area is 147 Å². The van der Waals surface area contributed by atoms with Gasteiger partial charge in [-0.15, -0.1) is 0 Å². The number of nitrogens with two attached hydrogens (primary N) is 2. The average Bonchev–Trinajstić information content (AvgIpc) is 2.95. The molecule has 7 nitrogen and oxygen atoms in total. The molecule has 0 aliphatic rings. The number of benzene rings is 1. The van der Waals surface area contributed by atoms with Crippen molar-refractivity contribution in [2.75, 3.05) is 18.5 Å². The van der Waals surface area contributed by atoms with E-state index in [2.05, 4.69) is 30.9 Å². The number of furan rings is 1. The first kappa shape index (κ1) is 16.4. The molecule has 0 amide bonds. The maximum absolute atomic E-state index is 5.93. The van der Waals surface area contributed by atoms with Crippen LogP contribution in [0.5, 0.6) is 0 Å². The zero-order valence-corrected chi connectivity index (χ0v) is 14.7. The van der Waals surface area contributed by atoms with E-state index in [0.29, 0.717) is 18.9 Å². The minimum Gasteiger partial charge on any atom is -0.455 e. The highest BCUT2D eigenvalue weighted by atomic mass is 79.9. The number of hydrogen-bond donors (Lipinski definition) is 3. The molecule has 1 aromatic carbocycles. The number of nitrogen functional groups attached to an aromatic ring is 2. The van der Waals surface area contributed by atoms with Crippen LogP contribution in [-0.2, 0) is 13.1 Å². The molecule has 0 aliphatic heterocycles. The van der Waals surface area contributed by atoms with Crippen LogP contribution in [0.2, 0.25) is 0 Å². The number of rotatable bonds is 5. The Kier molecular flexibility index (Phi) is 4.77. The number of hydrogen-bond acceptors (Lipinski definition) is 6. The minimum atomic E-state index is 0.140. The van der Waals surface area contributed by atoms with Crippen molar-refractivity contribution in [1.82, 2.24) is 15.0 Å². The summed E-state index contributed by atoms with van der Waals surface area (Å²) in [5.74, 6) is 2.58. The van der Waals surface area contributed by atoms with Crippen LogP contribution >= 0.6 is 15.9 Å². The Hall–Kier alpha value is -2.45. The zero-order valence-electron chi connectivity index (χ0n) is 13.2. The molecule has 2 heterocycles. The smallest absolute Gasteiger partial charge is 0.225 e. The summed E-state index contributed by atoms with van der Waals surface area (Å²) in [6.45, 7) is 1.27. The van der Waals surface area contributed by atoms with E-state index >= 15 is 0 Å². The van der Waals surface area contributed by atoms with Crippen LogP contribution in [-0.4, -0.2) is 22.0 Å². The molecule has 0 saturated carbocycles. The van der Waals surface area contributed by atoms with Gasteiger partial charge in [-0.2, -0.15) is 15.0 Å². The zero-order chi connectivity index (χ0) is 17.1. The van der Waals surface area contributed by atoms with Crippen molar-refractivity contribution in [3.63, 3.8) is 0 Å². The third-order valence-electron chi connectivity index (χ3n) is 3.44. The van der Waals surface area contributed by atoms with Crippen molar-refractivity contribution in [2.24, 2.45) is 0 Å². The van der Waals surface area contributed by atoms with Crippen molar-refractivity contribution in [3.05, 3.63) is 52.5 Å². The molecule has 3 aromatic rings. The third-order valence-corrected chi connectivity index (χ3v) is 3.97. The SMILES string of the molecule is C[NH+](Cc1nc(N)nc(N)n1)Cc1ccc(-c2ccc(Br)cc2)o1. The fourth-order valence-electron chi connectivity index (χ4n) is 2.41. The lowest BCUT2D eigenvalue weighted by atomic mass is 10.2. The van der Waals surface area contributed by atoms with Gasteiger partial charge in [0.2, 0.25) is 11.9 Å². The lowest BCUT2D eigenvalue weighted by Crippen LogP contribution is -3.06. The van der Waals surface area contributed by atoms with Gasteiger partial charge < -0.3 is 20.8 Å². The van der Waals surface area contributed by atoms with Gasteiger partial charge in [-0.3, -0.25) is 0 Å². The highest BCUT2D eigenvalue weighted by Gasteiger charge is 2.13. The summed E-state index contributed by atoms with van der Waals surface area (Å²) in [4.78, 5) is 13.1. The first-order chi connectivity index (χ1) is 11.5. The number of anilines is 2. The van der Waals surface area contributed by atoms with Crippen molar-refractivity contribution < 1.29 is 9.32 Å². The largest absolute Gasteiger partial charge is 0.455 e. The Bertz CT molecular complexity index is 813. The van der Waals surface area contributed by atoms with E-state index in [1.807, 2.05) is 43.4 Å². The van der Waals surface area contributed by atoms with Gasteiger partial charge in [-0.1, -0.05) is 28.1 Å². The molecule has 0 spiro atoms. The van der Waals surface area contributed by atoms with E-state index in [1.165, 1.54) is 0 Å². The van der Waals surface area contributed by atoms with Gasteiger partial charge in [-0.25, -0.2) is 0 Å². The minimum absolute atomic E-state index is 0.140. The molecule has 0 bridgehead atoms.